The number of carbonyl (C=O) groups excluding carboxylic acids is 2. The predicted octanol–water partition coefficient (Wildman–Crippen LogP) is 2.90. The molecule has 0 aliphatic carbocycles. The quantitative estimate of drug-likeness (QED) is 0.689. The number of nitrogens with zero attached hydrogens (tertiary/aromatic N) is 1. The maximum atomic E-state index is 12.2. The Kier molecular flexibility index (Phi) is 7.19. The van der Waals surface area contributed by atoms with Crippen molar-refractivity contribution in [3.63, 3.8) is 0 Å². The summed E-state index contributed by atoms with van der Waals surface area (Å²) in [5, 5.41) is 9.77. The molecule has 1 aliphatic rings. The number of thiophene rings is 1. The summed E-state index contributed by atoms with van der Waals surface area (Å²) in [7, 11) is 0. The molecule has 1 fully saturated rings. The van der Waals surface area contributed by atoms with E-state index in [0.29, 0.717) is 18.7 Å². The van der Waals surface area contributed by atoms with Crippen molar-refractivity contribution in [1.29, 1.82) is 0 Å². The second-order valence-corrected chi connectivity index (χ2v) is 7.39. The zero-order valence-electron chi connectivity index (χ0n) is 15.3. The van der Waals surface area contributed by atoms with E-state index < -0.39 is 0 Å². The Morgan fingerprint density at radius 3 is 2.56 bits per heavy atom. The molecule has 1 aromatic carbocycles. The highest BCUT2D eigenvalue weighted by Gasteiger charge is 2.11. The van der Waals surface area contributed by atoms with Crippen LogP contribution in [0.3, 0.4) is 0 Å². The first-order chi connectivity index (χ1) is 13.2. The molecule has 2 N–H and O–H groups in total. The number of amides is 2. The van der Waals surface area contributed by atoms with Gasteiger partial charge in [-0.1, -0.05) is 12.1 Å². The summed E-state index contributed by atoms with van der Waals surface area (Å²) in [6.45, 7) is 4.29. The fourth-order valence-corrected chi connectivity index (χ4v) is 3.63. The number of hydrogen-bond acceptors (Lipinski definition) is 4. The first kappa shape index (κ1) is 19.3. The summed E-state index contributed by atoms with van der Waals surface area (Å²) in [5.74, 6) is -0.187. The topological polar surface area (TPSA) is 61.4 Å². The van der Waals surface area contributed by atoms with Gasteiger partial charge in [-0.25, -0.2) is 0 Å². The molecule has 3 rings (SSSR count). The van der Waals surface area contributed by atoms with Crippen molar-refractivity contribution in [3.8, 4) is 0 Å². The maximum Gasteiger partial charge on any atom is 0.251 e. The number of rotatable bonds is 8. The highest BCUT2D eigenvalue weighted by molar-refractivity contribution is 7.08. The van der Waals surface area contributed by atoms with Crippen molar-refractivity contribution in [2.24, 2.45) is 0 Å². The number of hydrogen-bond donors (Lipinski definition) is 2. The van der Waals surface area contributed by atoms with Gasteiger partial charge >= 0.3 is 0 Å². The third-order valence-corrected chi connectivity index (χ3v) is 5.27. The van der Waals surface area contributed by atoms with E-state index in [1.165, 1.54) is 18.9 Å². The summed E-state index contributed by atoms with van der Waals surface area (Å²) >= 11 is 1.60. The number of nitrogens with one attached hydrogen (secondary N) is 2. The molecule has 27 heavy (non-hydrogen) atoms. The van der Waals surface area contributed by atoms with E-state index >= 15 is 0 Å². The molecule has 6 heteroatoms. The Morgan fingerprint density at radius 1 is 1.07 bits per heavy atom. The van der Waals surface area contributed by atoms with Gasteiger partial charge in [0, 0.05) is 31.3 Å². The van der Waals surface area contributed by atoms with Crippen LogP contribution in [0.5, 0.6) is 0 Å². The molecule has 5 nitrogen and oxygen atoms in total. The van der Waals surface area contributed by atoms with E-state index in [4.69, 9.17) is 0 Å². The lowest BCUT2D eigenvalue weighted by atomic mass is 10.1. The Hall–Kier alpha value is -2.44. The highest BCUT2D eigenvalue weighted by Crippen LogP contribution is 2.08. The lowest BCUT2D eigenvalue weighted by Gasteiger charge is -2.14. The summed E-state index contributed by atoms with van der Waals surface area (Å²) in [6, 6.07) is 9.31. The van der Waals surface area contributed by atoms with E-state index in [9.17, 15) is 9.59 Å². The normalized spacial score (nSPS) is 14.5. The van der Waals surface area contributed by atoms with E-state index in [-0.39, 0.29) is 11.8 Å². The molecule has 1 aliphatic heterocycles. The third-order valence-electron chi connectivity index (χ3n) is 4.57. The van der Waals surface area contributed by atoms with Crippen molar-refractivity contribution in [2.45, 2.75) is 19.4 Å². The minimum atomic E-state index is -0.134. The Bertz CT molecular complexity index is 763. The zero-order chi connectivity index (χ0) is 18.9. The smallest absolute Gasteiger partial charge is 0.251 e. The van der Waals surface area contributed by atoms with Crippen LogP contribution in [0, 0.1) is 0 Å². The zero-order valence-corrected chi connectivity index (χ0v) is 16.1. The molecule has 2 heterocycles. The van der Waals surface area contributed by atoms with Crippen LogP contribution in [0.15, 0.2) is 47.2 Å². The van der Waals surface area contributed by atoms with Crippen LogP contribution in [0.1, 0.15) is 34.3 Å². The van der Waals surface area contributed by atoms with Gasteiger partial charge in [0.1, 0.15) is 0 Å². The van der Waals surface area contributed by atoms with Crippen LogP contribution in [-0.2, 0) is 11.3 Å². The molecule has 0 saturated carbocycles. The average Bonchev–Trinajstić information content (AvgIpc) is 3.39. The van der Waals surface area contributed by atoms with Crippen LogP contribution in [0.2, 0.25) is 0 Å². The SMILES string of the molecule is O=C(/C=C/c1ccsc1)NCc1ccc(C(=O)NCCN2CCCC2)cc1. The van der Waals surface area contributed by atoms with Gasteiger partial charge in [-0.3, -0.25) is 9.59 Å². The minimum absolute atomic E-state index is 0.0523. The van der Waals surface area contributed by atoms with Crippen molar-refractivity contribution in [2.75, 3.05) is 26.2 Å². The van der Waals surface area contributed by atoms with E-state index in [0.717, 1.165) is 30.8 Å². The van der Waals surface area contributed by atoms with Gasteiger partial charge in [0.15, 0.2) is 0 Å². The first-order valence-corrected chi connectivity index (χ1v) is 10.2. The summed E-state index contributed by atoms with van der Waals surface area (Å²) in [6.07, 6.45) is 5.84. The summed E-state index contributed by atoms with van der Waals surface area (Å²) < 4.78 is 0. The first-order valence-electron chi connectivity index (χ1n) is 9.28. The number of benzene rings is 1. The molecule has 1 aromatic heterocycles. The van der Waals surface area contributed by atoms with Crippen LogP contribution < -0.4 is 10.6 Å². The summed E-state index contributed by atoms with van der Waals surface area (Å²) in [5.41, 5.74) is 2.62. The van der Waals surface area contributed by atoms with Gasteiger partial charge in [-0.15, -0.1) is 0 Å². The predicted molar refractivity (Wildman–Crippen MR) is 110 cm³/mol. The van der Waals surface area contributed by atoms with Crippen LogP contribution in [0.25, 0.3) is 6.08 Å². The van der Waals surface area contributed by atoms with Crippen molar-refractivity contribution in [1.82, 2.24) is 15.5 Å². The average molecular weight is 384 g/mol. The van der Waals surface area contributed by atoms with Crippen LogP contribution in [-0.4, -0.2) is 42.9 Å². The molecule has 0 atom stereocenters. The second kappa shape index (κ2) is 10.0. The van der Waals surface area contributed by atoms with Gasteiger partial charge < -0.3 is 15.5 Å². The molecule has 0 spiro atoms. The maximum absolute atomic E-state index is 12.2. The number of carbonyl (C=O) groups is 2. The molecule has 2 aromatic rings. The van der Waals surface area contributed by atoms with Gasteiger partial charge in [-0.05, 0) is 72.1 Å². The van der Waals surface area contributed by atoms with Gasteiger partial charge in [-0.2, -0.15) is 11.3 Å². The van der Waals surface area contributed by atoms with Crippen molar-refractivity contribution in [3.05, 3.63) is 63.9 Å². The molecular formula is C21H25N3O2S. The van der Waals surface area contributed by atoms with E-state index in [2.05, 4.69) is 15.5 Å². The van der Waals surface area contributed by atoms with Crippen LogP contribution >= 0.6 is 11.3 Å². The fourth-order valence-electron chi connectivity index (χ4n) is 3.00. The van der Waals surface area contributed by atoms with E-state index in [1.54, 1.807) is 29.5 Å². The Morgan fingerprint density at radius 2 is 1.85 bits per heavy atom. The lowest BCUT2D eigenvalue weighted by Crippen LogP contribution is -2.33. The van der Waals surface area contributed by atoms with Gasteiger partial charge in [0.05, 0.1) is 0 Å². The monoisotopic (exact) mass is 383 g/mol. The molecule has 0 bridgehead atoms. The lowest BCUT2D eigenvalue weighted by molar-refractivity contribution is -0.116. The van der Waals surface area contributed by atoms with Gasteiger partial charge in [0.25, 0.3) is 5.91 Å². The molecule has 0 radical (unpaired) electrons. The minimum Gasteiger partial charge on any atom is -0.351 e. The van der Waals surface area contributed by atoms with Crippen molar-refractivity contribution < 1.29 is 9.59 Å². The molecule has 0 unspecified atom stereocenters. The standard InChI is InChI=1S/C21H25N3O2S/c25-20(8-5-18-9-14-27-16-18)23-15-17-3-6-19(7-4-17)21(26)22-10-13-24-11-1-2-12-24/h3-9,14,16H,1-2,10-13,15H2,(H,22,26)(H,23,25)/b8-5+. The largest absolute Gasteiger partial charge is 0.351 e. The molecule has 1 saturated heterocycles. The number of likely N-dealkylation sites (tertiary alicyclic amines) is 1. The molecule has 2 amide bonds. The Labute approximate surface area is 164 Å². The van der Waals surface area contributed by atoms with Gasteiger partial charge in [0.2, 0.25) is 5.91 Å². The second-order valence-electron chi connectivity index (χ2n) is 6.61. The van der Waals surface area contributed by atoms with E-state index in [1.807, 2.05) is 29.0 Å². The summed E-state index contributed by atoms with van der Waals surface area (Å²) in [4.78, 5) is 26.4. The third kappa shape index (κ3) is 6.34. The van der Waals surface area contributed by atoms with Crippen LogP contribution in [0.4, 0.5) is 0 Å². The Balaban J connectivity index is 1.39. The molecule has 142 valence electrons. The van der Waals surface area contributed by atoms with Crippen molar-refractivity contribution >= 4 is 29.2 Å². The molecular weight excluding hydrogens is 358 g/mol. The highest BCUT2D eigenvalue weighted by atomic mass is 32.1. The fraction of sp³-hybridized carbons (Fsp3) is 0.333.